The van der Waals surface area contributed by atoms with Gasteiger partial charge in [-0.3, -0.25) is 14.4 Å². The molecule has 2 aromatic rings. The number of sulfone groups is 1. The fourth-order valence-electron chi connectivity index (χ4n) is 4.03. The van der Waals surface area contributed by atoms with Gasteiger partial charge in [0.05, 0.1) is 16.4 Å². The molecule has 2 heterocycles. The zero-order valence-corrected chi connectivity index (χ0v) is 18.6. The van der Waals surface area contributed by atoms with Gasteiger partial charge in [0.2, 0.25) is 0 Å². The van der Waals surface area contributed by atoms with Gasteiger partial charge in [-0.15, -0.1) is 0 Å². The topological polar surface area (TPSA) is 104 Å². The molecule has 2 fully saturated rings. The van der Waals surface area contributed by atoms with E-state index in [0.29, 0.717) is 43.9 Å². The van der Waals surface area contributed by atoms with Crippen LogP contribution in [0.1, 0.15) is 16.8 Å². The van der Waals surface area contributed by atoms with Crippen molar-refractivity contribution in [1.82, 2.24) is 9.80 Å². The normalized spacial score (nSPS) is 21.7. The summed E-state index contributed by atoms with van der Waals surface area (Å²) in [5.41, 5.74) is 0.895. The monoisotopic (exact) mass is 463 g/mol. The lowest BCUT2D eigenvalue weighted by Gasteiger charge is -2.37. The average Bonchev–Trinajstić information content (AvgIpc) is 3.13. The lowest BCUT2D eigenvalue weighted by Crippen LogP contribution is -2.52. The average molecular weight is 464 g/mol. The third kappa shape index (κ3) is 5.08. The quantitative estimate of drug-likeness (QED) is 0.720. The second kappa shape index (κ2) is 8.60. The number of sulfonamides is 1. The molecule has 31 heavy (non-hydrogen) atoms. The number of rotatable bonds is 5. The first-order valence-electron chi connectivity index (χ1n) is 10.2. The van der Waals surface area contributed by atoms with Crippen LogP contribution >= 0.6 is 0 Å². The maximum atomic E-state index is 12.8. The van der Waals surface area contributed by atoms with E-state index in [1.165, 1.54) is 24.3 Å². The molecule has 2 aliphatic heterocycles. The van der Waals surface area contributed by atoms with Crippen molar-refractivity contribution in [2.75, 3.05) is 42.4 Å². The van der Waals surface area contributed by atoms with Gasteiger partial charge in [0.25, 0.3) is 15.9 Å². The number of anilines is 1. The Morgan fingerprint density at radius 3 is 2.16 bits per heavy atom. The lowest BCUT2D eigenvalue weighted by atomic mass is 10.1. The molecular formula is C21H25N3O5S2. The maximum Gasteiger partial charge on any atom is 0.261 e. The van der Waals surface area contributed by atoms with Gasteiger partial charge in [0, 0.05) is 43.5 Å². The lowest BCUT2D eigenvalue weighted by molar-refractivity contribution is 0.0587. The number of carbonyl (C=O) groups excluding carboxylic acids is 1. The molecule has 0 saturated carbocycles. The third-order valence-corrected chi connectivity index (χ3v) is 8.91. The van der Waals surface area contributed by atoms with Gasteiger partial charge in [0.15, 0.2) is 9.84 Å². The molecule has 0 spiro atoms. The molecule has 0 aliphatic carbocycles. The molecular weight excluding hydrogens is 438 g/mol. The molecule has 2 aliphatic rings. The van der Waals surface area contributed by atoms with Crippen molar-refractivity contribution in [2.45, 2.75) is 17.4 Å². The number of piperazine rings is 1. The molecule has 10 heteroatoms. The number of nitrogens with one attached hydrogen (secondary N) is 1. The van der Waals surface area contributed by atoms with Crippen molar-refractivity contribution in [3.63, 3.8) is 0 Å². The molecule has 1 N–H and O–H groups in total. The highest BCUT2D eigenvalue weighted by Crippen LogP contribution is 2.21. The number of para-hydroxylation sites is 1. The van der Waals surface area contributed by atoms with Gasteiger partial charge >= 0.3 is 0 Å². The minimum Gasteiger partial charge on any atom is -0.336 e. The predicted molar refractivity (Wildman–Crippen MR) is 118 cm³/mol. The molecule has 2 saturated heterocycles. The highest BCUT2D eigenvalue weighted by atomic mass is 32.2. The first kappa shape index (κ1) is 21.8. The van der Waals surface area contributed by atoms with Crippen LogP contribution in [-0.2, 0) is 19.9 Å². The van der Waals surface area contributed by atoms with E-state index in [-0.39, 0.29) is 28.4 Å². The van der Waals surface area contributed by atoms with Crippen molar-refractivity contribution in [3.05, 3.63) is 60.2 Å². The number of hydrogen-bond donors (Lipinski definition) is 1. The van der Waals surface area contributed by atoms with Crippen molar-refractivity contribution < 1.29 is 21.6 Å². The van der Waals surface area contributed by atoms with E-state index < -0.39 is 19.9 Å². The second-order valence-corrected chi connectivity index (χ2v) is 11.8. The van der Waals surface area contributed by atoms with Gasteiger partial charge < -0.3 is 4.90 Å². The Morgan fingerprint density at radius 1 is 0.935 bits per heavy atom. The van der Waals surface area contributed by atoms with Gasteiger partial charge in [-0.05, 0) is 42.8 Å². The molecule has 1 unspecified atom stereocenters. The molecule has 0 radical (unpaired) electrons. The number of amides is 1. The SMILES string of the molecule is O=C(c1ccc(S(=O)(=O)Nc2ccccc2)cc1)N1CCN(C2CCS(=O)(=O)C2)CC1. The second-order valence-electron chi connectivity index (χ2n) is 7.88. The zero-order valence-electron chi connectivity index (χ0n) is 17.0. The van der Waals surface area contributed by atoms with Crippen LogP contribution in [0, 0.1) is 0 Å². The summed E-state index contributed by atoms with van der Waals surface area (Å²) in [6, 6.07) is 14.6. The Kier molecular flexibility index (Phi) is 6.05. The van der Waals surface area contributed by atoms with Crippen molar-refractivity contribution >= 4 is 31.5 Å². The highest BCUT2D eigenvalue weighted by molar-refractivity contribution is 7.92. The minimum absolute atomic E-state index is 0.0452. The van der Waals surface area contributed by atoms with E-state index in [0.717, 1.165) is 0 Å². The Balaban J connectivity index is 1.37. The van der Waals surface area contributed by atoms with Gasteiger partial charge in [-0.2, -0.15) is 0 Å². The molecule has 4 rings (SSSR count). The van der Waals surface area contributed by atoms with E-state index in [1.807, 2.05) is 0 Å². The van der Waals surface area contributed by atoms with Gasteiger partial charge in [-0.1, -0.05) is 18.2 Å². The number of benzene rings is 2. The summed E-state index contributed by atoms with van der Waals surface area (Å²) in [6.45, 7) is 2.31. The van der Waals surface area contributed by atoms with E-state index in [1.54, 1.807) is 35.2 Å². The minimum atomic E-state index is -3.74. The van der Waals surface area contributed by atoms with Crippen LogP contribution in [0.4, 0.5) is 5.69 Å². The fourth-order valence-corrected chi connectivity index (χ4v) is 6.85. The summed E-state index contributed by atoms with van der Waals surface area (Å²) in [6.07, 6.45) is 0.656. The van der Waals surface area contributed by atoms with Crippen molar-refractivity contribution in [3.8, 4) is 0 Å². The summed E-state index contributed by atoms with van der Waals surface area (Å²) in [7, 11) is -6.67. The Hall–Kier alpha value is -2.43. The molecule has 1 atom stereocenters. The van der Waals surface area contributed by atoms with Gasteiger partial charge in [0.1, 0.15) is 0 Å². The first-order valence-corrected chi connectivity index (χ1v) is 13.5. The summed E-state index contributed by atoms with van der Waals surface area (Å²) in [5, 5.41) is 0. The molecule has 166 valence electrons. The summed E-state index contributed by atoms with van der Waals surface area (Å²) >= 11 is 0. The standard InChI is InChI=1S/C21H25N3O5S2/c25-21(24-13-11-23(12-14-24)19-10-15-30(26,27)16-19)17-6-8-20(9-7-17)31(28,29)22-18-4-2-1-3-5-18/h1-9,19,22H,10-16H2. The van der Waals surface area contributed by atoms with Crippen LogP contribution in [0.2, 0.25) is 0 Å². The number of nitrogens with zero attached hydrogens (tertiary/aromatic N) is 2. The van der Waals surface area contributed by atoms with Crippen LogP contribution in [0.5, 0.6) is 0 Å². The van der Waals surface area contributed by atoms with Crippen molar-refractivity contribution in [2.24, 2.45) is 0 Å². The Morgan fingerprint density at radius 2 is 1.58 bits per heavy atom. The molecule has 2 aromatic carbocycles. The fraction of sp³-hybridized carbons (Fsp3) is 0.381. The van der Waals surface area contributed by atoms with Crippen molar-refractivity contribution in [1.29, 1.82) is 0 Å². The van der Waals surface area contributed by atoms with Gasteiger partial charge in [-0.25, -0.2) is 16.8 Å². The molecule has 0 aromatic heterocycles. The summed E-state index contributed by atoms with van der Waals surface area (Å²) in [5.74, 6) is 0.290. The number of hydrogen-bond acceptors (Lipinski definition) is 6. The number of carbonyl (C=O) groups is 1. The van der Waals surface area contributed by atoms with Crippen LogP contribution < -0.4 is 4.72 Å². The zero-order chi connectivity index (χ0) is 22.1. The summed E-state index contributed by atoms with van der Waals surface area (Å²) < 4.78 is 51.0. The summed E-state index contributed by atoms with van der Waals surface area (Å²) in [4.78, 5) is 16.8. The highest BCUT2D eigenvalue weighted by Gasteiger charge is 2.34. The Bertz CT molecular complexity index is 1140. The smallest absolute Gasteiger partial charge is 0.261 e. The van der Waals surface area contributed by atoms with Crippen LogP contribution in [0.3, 0.4) is 0 Å². The van der Waals surface area contributed by atoms with Crippen LogP contribution in [-0.4, -0.2) is 76.3 Å². The predicted octanol–water partition coefficient (Wildman–Crippen LogP) is 1.43. The first-order chi connectivity index (χ1) is 14.7. The maximum absolute atomic E-state index is 12.8. The van der Waals surface area contributed by atoms with E-state index in [9.17, 15) is 21.6 Å². The molecule has 8 nitrogen and oxygen atoms in total. The van der Waals surface area contributed by atoms with E-state index in [4.69, 9.17) is 0 Å². The van der Waals surface area contributed by atoms with Crippen LogP contribution in [0.25, 0.3) is 0 Å². The molecule has 1 amide bonds. The van der Waals surface area contributed by atoms with E-state index in [2.05, 4.69) is 9.62 Å². The molecule has 0 bridgehead atoms. The Labute approximate surface area is 182 Å². The largest absolute Gasteiger partial charge is 0.336 e. The van der Waals surface area contributed by atoms with Crippen LogP contribution in [0.15, 0.2) is 59.5 Å². The third-order valence-electron chi connectivity index (χ3n) is 5.76. The van der Waals surface area contributed by atoms with E-state index >= 15 is 0 Å².